The first kappa shape index (κ1) is 18.5. The molecule has 0 spiro atoms. The first-order valence-electron chi connectivity index (χ1n) is 8.21. The Labute approximate surface area is 152 Å². The molecule has 0 aliphatic heterocycles. The molecule has 1 fully saturated rings. The molecule has 1 saturated carbocycles. The number of aryl methyl sites for hydroxylation is 1. The van der Waals surface area contributed by atoms with Gasteiger partial charge in [-0.3, -0.25) is 4.79 Å². The van der Waals surface area contributed by atoms with Crippen LogP contribution in [0, 0.1) is 24.1 Å². The van der Waals surface area contributed by atoms with E-state index in [4.69, 9.17) is 5.14 Å². The Balaban J connectivity index is 1.80. The molecule has 7 heteroatoms. The number of carbonyl (C=O) groups is 1. The summed E-state index contributed by atoms with van der Waals surface area (Å²) in [5.74, 6) is -0.768. The number of carbonyl (C=O) groups excluding carboxylic acids is 1. The maximum absolute atomic E-state index is 13.2. The Bertz CT molecular complexity index is 969. The monoisotopic (exact) mass is 376 g/mol. The third kappa shape index (κ3) is 3.37. The molecule has 1 aliphatic rings. The van der Waals surface area contributed by atoms with E-state index in [1.54, 1.807) is 25.1 Å². The number of amides is 1. The highest BCUT2D eigenvalue weighted by Crippen LogP contribution is 2.64. The second-order valence-electron chi connectivity index (χ2n) is 7.34. The second kappa shape index (κ2) is 6.17. The number of benzene rings is 2. The van der Waals surface area contributed by atoms with Crippen molar-refractivity contribution in [2.24, 2.45) is 16.5 Å². The van der Waals surface area contributed by atoms with Crippen molar-refractivity contribution in [1.29, 1.82) is 0 Å². The number of primary sulfonamides is 1. The molecule has 0 aromatic heterocycles. The van der Waals surface area contributed by atoms with Crippen molar-refractivity contribution in [2.45, 2.75) is 31.6 Å². The van der Waals surface area contributed by atoms with Crippen LogP contribution in [-0.2, 0) is 14.8 Å². The summed E-state index contributed by atoms with van der Waals surface area (Å²) < 4.78 is 36.0. The van der Waals surface area contributed by atoms with E-state index in [-0.39, 0.29) is 33.9 Å². The van der Waals surface area contributed by atoms with Crippen molar-refractivity contribution in [3.05, 3.63) is 59.4 Å². The van der Waals surface area contributed by atoms with Crippen LogP contribution in [0.4, 0.5) is 10.1 Å². The minimum atomic E-state index is -3.74. The van der Waals surface area contributed by atoms with Crippen LogP contribution in [0.15, 0.2) is 47.4 Å². The molecule has 0 saturated heterocycles. The van der Waals surface area contributed by atoms with E-state index < -0.39 is 10.0 Å². The number of nitrogens with two attached hydrogens (primary N) is 1. The highest BCUT2D eigenvalue weighted by molar-refractivity contribution is 7.89. The second-order valence-corrected chi connectivity index (χ2v) is 8.90. The zero-order chi connectivity index (χ0) is 19.3. The summed E-state index contributed by atoms with van der Waals surface area (Å²) >= 11 is 0. The fourth-order valence-corrected chi connectivity index (χ4v) is 4.11. The number of hydrogen-bond donors (Lipinski definition) is 2. The van der Waals surface area contributed by atoms with Crippen LogP contribution in [0.25, 0.3) is 0 Å². The van der Waals surface area contributed by atoms with Crippen molar-refractivity contribution in [3.63, 3.8) is 0 Å². The number of sulfonamides is 1. The fraction of sp³-hybridized carbons (Fsp3) is 0.316. The van der Waals surface area contributed by atoms with Crippen LogP contribution in [0.5, 0.6) is 0 Å². The van der Waals surface area contributed by atoms with E-state index >= 15 is 0 Å². The summed E-state index contributed by atoms with van der Waals surface area (Å²) in [6, 6.07) is 10.5. The minimum absolute atomic E-state index is 0.0298. The molecule has 1 aliphatic carbocycles. The van der Waals surface area contributed by atoms with E-state index in [9.17, 15) is 17.6 Å². The number of anilines is 1. The molecule has 2 aromatic rings. The van der Waals surface area contributed by atoms with Gasteiger partial charge in [0.25, 0.3) is 0 Å². The Hall–Kier alpha value is -2.25. The highest BCUT2D eigenvalue weighted by atomic mass is 32.2. The molecule has 0 radical (unpaired) electrons. The van der Waals surface area contributed by atoms with Gasteiger partial charge in [0.15, 0.2) is 0 Å². The first-order valence-corrected chi connectivity index (χ1v) is 9.76. The molecule has 26 heavy (non-hydrogen) atoms. The molecule has 138 valence electrons. The Morgan fingerprint density at radius 2 is 1.77 bits per heavy atom. The van der Waals surface area contributed by atoms with Gasteiger partial charge in [-0.1, -0.05) is 26.0 Å². The number of halogens is 1. The van der Waals surface area contributed by atoms with Gasteiger partial charge in [-0.2, -0.15) is 0 Å². The molecular weight excluding hydrogens is 355 g/mol. The van der Waals surface area contributed by atoms with Crippen molar-refractivity contribution < 1.29 is 17.6 Å². The normalized spacial score (nSPS) is 21.3. The van der Waals surface area contributed by atoms with Crippen molar-refractivity contribution in [3.8, 4) is 0 Å². The lowest BCUT2D eigenvalue weighted by Crippen LogP contribution is -2.17. The summed E-state index contributed by atoms with van der Waals surface area (Å²) in [4.78, 5) is 12.8. The average Bonchev–Trinajstić information content (AvgIpc) is 3.12. The lowest BCUT2D eigenvalue weighted by atomic mass is 10.0. The summed E-state index contributed by atoms with van der Waals surface area (Å²) in [5.41, 5.74) is 1.87. The molecule has 2 aromatic carbocycles. The first-order chi connectivity index (χ1) is 12.0. The molecule has 3 N–H and O–H groups in total. The van der Waals surface area contributed by atoms with Crippen molar-refractivity contribution in [1.82, 2.24) is 0 Å². The molecule has 3 rings (SSSR count). The van der Waals surface area contributed by atoms with Gasteiger partial charge in [-0.25, -0.2) is 17.9 Å². The van der Waals surface area contributed by atoms with Crippen LogP contribution in [-0.4, -0.2) is 14.3 Å². The van der Waals surface area contributed by atoms with Gasteiger partial charge in [0.2, 0.25) is 15.9 Å². The van der Waals surface area contributed by atoms with Gasteiger partial charge in [0.05, 0.1) is 10.8 Å². The lowest BCUT2D eigenvalue weighted by Gasteiger charge is -2.09. The van der Waals surface area contributed by atoms with Crippen LogP contribution in [0.2, 0.25) is 0 Å². The number of rotatable bonds is 4. The van der Waals surface area contributed by atoms with Gasteiger partial charge in [0.1, 0.15) is 5.82 Å². The standard InChI is InChI=1S/C19H21FN2O3S/c1-11-10-13(20)6-9-15(11)22-18(23)17-16(19(17,2)3)12-4-7-14(8-5-12)26(21,24)25/h4-10,16-17H,1-3H3,(H,22,23)(H2,21,24,25)/t16-,17+/m0/s1. The van der Waals surface area contributed by atoms with E-state index in [0.29, 0.717) is 11.3 Å². The molecular formula is C19H21FN2O3S. The molecule has 1 amide bonds. The van der Waals surface area contributed by atoms with Crippen LogP contribution in [0.3, 0.4) is 0 Å². The lowest BCUT2D eigenvalue weighted by molar-refractivity contribution is -0.118. The number of hydrogen-bond acceptors (Lipinski definition) is 3. The largest absolute Gasteiger partial charge is 0.326 e. The smallest absolute Gasteiger partial charge is 0.238 e. The van der Waals surface area contributed by atoms with Gasteiger partial charge in [-0.15, -0.1) is 0 Å². The Morgan fingerprint density at radius 3 is 2.31 bits per heavy atom. The average molecular weight is 376 g/mol. The predicted molar refractivity (Wildman–Crippen MR) is 97.6 cm³/mol. The fourth-order valence-electron chi connectivity index (χ4n) is 3.59. The molecule has 0 unspecified atom stereocenters. The van der Waals surface area contributed by atoms with Gasteiger partial charge >= 0.3 is 0 Å². The van der Waals surface area contributed by atoms with E-state index in [1.165, 1.54) is 24.3 Å². The van der Waals surface area contributed by atoms with E-state index in [0.717, 1.165) is 5.56 Å². The number of nitrogens with one attached hydrogen (secondary N) is 1. The van der Waals surface area contributed by atoms with Crippen LogP contribution in [0.1, 0.15) is 30.9 Å². The maximum atomic E-state index is 13.2. The van der Waals surface area contributed by atoms with Crippen molar-refractivity contribution >= 4 is 21.6 Å². The summed E-state index contributed by atoms with van der Waals surface area (Å²) in [7, 11) is -3.74. The van der Waals surface area contributed by atoms with Gasteiger partial charge < -0.3 is 5.32 Å². The summed E-state index contributed by atoms with van der Waals surface area (Å²) in [5, 5.41) is 7.99. The molecule has 0 heterocycles. The Morgan fingerprint density at radius 1 is 1.15 bits per heavy atom. The van der Waals surface area contributed by atoms with Gasteiger partial charge in [-0.05, 0) is 53.8 Å². The van der Waals surface area contributed by atoms with E-state index in [1.807, 2.05) is 13.8 Å². The molecule has 5 nitrogen and oxygen atoms in total. The molecule has 2 atom stereocenters. The minimum Gasteiger partial charge on any atom is -0.326 e. The maximum Gasteiger partial charge on any atom is 0.238 e. The highest BCUT2D eigenvalue weighted by Gasteiger charge is 2.62. The van der Waals surface area contributed by atoms with Crippen LogP contribution < -0.4 is 10.5 Å². The quantitative estimate of drug-likeness (QED) is 0.859. The third-order valence-electron chi connectivity index (χ3n) is 5.12. The topological polar surface area (TPSA) is 89.3 Å². The zero-order valence-electron chi connectivity index (χ0n) is 14.8. The SMILES string of the molecule is Cc1cc(F)ccc1NC(=O)[C@H]1[C@H](c2ccc(S(N)(=O)=O)cc2)C1(C)C. The Kier molecular flexibility index (Phi) is 4.40. The van der Waals surface area contributed by atoms with Gasteiger partial charge in [0, 0.05) is 11.6 Å². The zero-order valence-corrected chi connectivity index (χ0v) is 15.6. The van der Waals surface area contributed by atoms with Crippen molar-refractivity contribution in [2.75, 3.05) is 5.32 Å². The summed E-state index contributed by atoms with van der Waals surface area (Å²) in [6.45, 7) is 5.72. The van der Waals surface area contributed by atoms with Crippen LogP contribution >= 0.6 is 0 Å². The predicted octanol–water partition coefficient (Wildman–Crippen LogP) is 3.16. The third-order valence-corrected chi connectivity index (χ3v) is 6.05. The molecule has 0 bridgehead atoms. The summed E-state index contributed by atoms with van der Waals surface area (Å²) in [6.07, 6.45) is 0. The van der Waals surface area contributed by atoms with E-state index in [2.05, 4.69) is 5.32 Å².